The van der Waals surface area contributed by atoms with Gasteiger partial charge in [0.1, 0.15) is 0 Å². The smallest absolute Gasteiger partial charge is 0.193 e. The second-order valence-electron chi connectivity index (χ2n) is 5.65. The summed E-state index contributed by atoms with van der Waals surface area (Å²) in [5, 5.41) is 3.36. The molecule has 1 aliphatic rings. The molecule has 2 nitrogen and oxygen atoms in total. The van der Waals surface area contributed by atoms with Gasteiger partial charge in [-0.3, -0.25) is 4.79 Å². The number of fused-ring (bicyclic) bond motifs is 1. The summed E-state index contributed by atoms with van der Waals surface area (Å²) in [5.41, 5.74) is 5.42. The van der Waals surface area contributed by atoms with Gasteiger partial charge >= 0.3 is 0 Å². The highest BCUT2D eigenvalue weighted by Crippen LogP contribution is 2.22. The lowest BCUT2D eigenvalue weighted by Crippen LogP contribution is -2.25. The van der Waals surface area contributed by atoms with Gasteiger partial charge in [0.05, 0.1) is 0 Å². The molecule has 0 atom stereocenters. The van der Waals surface area contributed by atoms with E-state index in [-0.39, 0.29) is 5.78 Å². The molecular weight excluding hydrogens is 258 g/mol. The molecule has 1 aliphatic heterocycles. The van der Waals surface area contributed by atoms with Crippen LogP contribution in [0.1, 0.15) is 46.0 Å². The zero-order chi connectivity index (χ0) is 14.7. The van der Waals surface area contributed by atoms with Crippen molar-refractivity contribution in [2.45, 2.75) is 32.7 Å². The lowest BCUT2D eigenvalue weighted by atomic mass is 9.90. The molecule has 0 radical (unpaired) electrons. The average molecular weight is 279 g/mol. The van der Waals surface area contributed by atoms with Gasteiger partial charge in [-0.1, -0.05) is 49.7 Å². The number of hydrogen-bond donors (Lipinski definition) is 1. The highest BCUT2D eigenvalue weighted by Gasteiger charge is 2.18. The molecule has 3 rings (SSSR count). The number of aryl methyl sites for hydroxylation is 1. The van der Waals surface area contributed by atoms with E-state index in [9.17, 15) is 4.79 Å². The van der Waals surface area contributed by atoms with Crippen LogP contribution < -0.4 is 5.32 Å². The fourth-order valence-electron chi connectivity index (χ4n) is 3.06. The van der Waals surface area contributed by atoms with Crippen molar-refractivity contribution in [3.8, 4) is 0 Å². The fraction of sp³-hybridized carbons (Fsp3) is 0.316. The Labute approximate surface area is 126 Å². The number of hydrogen-bond acceptors (Lipinski definition) is 2. The molecular formula is C19H21NO. The SMILES string of the molecule is CCCc1cccc(C(=O)c2cccc3c2CCNC3)c1. The highest BCUT2D eigenvalue weighted by molar-refractivity contribution is 6.10. The molecule has 2 heteroatoms. The third kappa shape index (κ3) is 2.91. The summed E-state index contributed by atoms with van der Waals surface area (Å²) in [7, 11) is 0. The van der Waals surface area contributed by atoms with Gasteiger partial charge in [-0.2, -0.15) is 0 Å². The van der Waals surface area contributed by atoms with Crippen molar-refractivity contribution in [3.05, 3.63) is 70.3 Å². The zero-order valence-corrected chi connectivity index (χ0v) is 12.5. The lowest BCUT2D eigenvalue weighted by molar-refractivity contribution is 0.103. The van der Waals surface area contributed by atoms with Crippen molar-refractivity contribution in [1.29, 1.82) is 0 Å². The summed E-state index contributed by atoms with van der Waals surface area (Å²) in [6.07, 6.45) is 3.06. The second-order valence-corrected chi connectivity index (χ2v) is 5.65. The highest BCUT2D eigenvalue weighted by atomic mass is 16.1. The molecule has 0 aliphatic carbocycles. The van der Waals surface area contributed by atoms with Gasteiger partial charge in [0, 0.05) is 17.7 Å². The van der Waals surface area contributed by atoms with Crippen LogP contribution in [-0.4, -0.2) is 12.3 Å². The van der Waals surface area contributed by atoms with Crippen molar-refractivity contribution in [1.82, 2.24) is 5.32 Å². The van der Waals surface area contributed by atoms with E-state index in [1.807, 2.05) is 30.3 Å². The molecule has 0 unspecified atom stereocenters. The summed E-state index contributed by atoms with van der Waals surface area (Å²) in [5.74, 6) is 0.159. The van der Waals surface area contributed by atoms with Crippen LogP contribution in [0.4, 0.5) is 0 Å². The van der Waals surface area contributed by atoms with Crippen LogP contribution in [0.25, 0.3) is 0 Å². The summed E-state index contributed by atoms with van der Waals surface area (Å²) >= 11 is 0. The Hall–Kier alpha value is -1.93. The third-order valence-corrected chi connectivity index (χ3v) is 4.11. The van der Waals surface area contributed by atoms with E-state index in [0.717, 1.165) is 43.5 Å². The van der Waals surface area contributed by atoms with Crippen LogP contribution >= 0.6 is 0 Å². The van der Waals surface area contributed by atoms with Gasteiger partial charge in [0.25, 0.3) is 0 Å². The molecule has 0 amide bonds. The summed E-state index contributed by atoms with van der Waals surface area (Å²) in [6.45, 7) is 3.98. The van der Waals surface area contributed by atoms with Crippen molar-refractivity contribution < 1.29 is 4.79 Å². The van der Waals surface area contributed by atoms with Crippen LogP contribution in [0.5, 0.6) is 0 Å². The summed E-state index contributed by atoms with van der Waals surface area (Å²) in [6, 6.07) is 14.2. The number of ketones is 1. The second kappa shape index (κ2) is 6.23. The summed E-state index contributed by atoms with van der Waals surface area (Å²) in [4.78, 5) is 12.9. The minimum Gasteiger partial charge on any atom is -0.312 e. The molecule has 2 aromatic carbocycles. The largest absolute Gasteiger partial charge is 0.312 e. The Kier molecular flexibility index (Phi) is 4.16. The fourth-order valence-corrected chi connectivity index (χ4v) is 3.06. The topological polar surface area (TPSA) is 29.1 Å². The van der Waals surface area contributed by atoms with E-state index in [0.29, 0.717) is 0 Å². The van der Waals surface area contributed by atoms with Crippen LogP contribution in [0.2, 0.25) is 0 Å². The zero-order valence-electron chi connectivity index (χ0n) is 12.5. The Morgan fingerprint density at radius 2 is 2.05 bits per heavy atom. The maximum atomic E-state index is 12.9. The van der Waals surface area contributed by atoms with Crippen LogP contribution in [0, 0.1) is 0 Å². The molecule has 2 aromatic rings. The Bertz CT molecular complexity index is 660. The van der Waals surface area contributed by atoms with Gasteiger partial charge < -0.3 is 5.32 Å². The molecule has 0 spiro atoms. The first kappa shape index (κ1) is 14.0. The molecule has 0 bridgehead atoms. The van der Waals surface area contributed by atoms with Gasteiger partial charge in [-0.25, -0.2) is 0 Å². The molecule has 108 valence electrons. The van der Waals surface area contributed by atoms with E-state index < -0.39 is 0 Å². The number of nitrogens with one attached hydrogen (secondary N) is 1. The van der Waals surface area contributed by atoms with Crippen molar-refractivity contribution in [2.75, 3.05) is 6.54 Å². The molecule has 0 aromatic heterocycles. The molecule has 0 saturated heterocycles. The van der Waals surface area contributed by atoms with E-state index >= 15 is 0 Å². The number of carbonyl (C=O) groups excluding carboxylic acids is 1. The monoisotopic (exact) mass is 279 g/mol. The molecule has 0 fully saturated rings. The molecule has 1 N–H and O–H groups in total. The first-order valence-electron chi connectivity index (χ1n) is 7.74. The van der Waals surface area contributed by atoms with Crippen molar-refractivity contribution in [3.63, 3.8) is 0 Å². The quantitative estimate of drug-likeness (QED) is 0.868. The molecule has 0 saturated carbocycles. The maximum Gasteiger partial charge on any atom is 0.193 e. The first-order chi connectivity index (χ1) is 10.3. The van der Waals surface area contributed by atoms with Crippen LogP contribution in [-0.2, 0) is 19.4 Å². The number of rotatable bonds is 4. The predicted molar refractivity (Wildman–Crippen MR) is 85.7 cm³/mol. The number of benzene rings is 2. The first-order valence-corrected chi connectivity index (χ1v) is 7.74. The van der Waals surface area contributed by atoms with Crippen LogP contribution in [0.3, 0.4) is 0 Å². The Morgan fingerprint density at radius 3 is 2.90 bits per heavy atom. The van der Waals surface area contributed by atoms with Crippen molar-refractivity contribution in [2.24, 2.45) is 0 Å². The Morgan fingerprint density at radius 1 is 1.19 bits per heavy atom. The van der Waals surface area contributed by atoms with E-state index in [1.165, 1.54) is 16.7 Å². The van der Waals surface area contributed by atoms with E-state index in [1.54, 1.807) is 0 Å². The van der Waals surface area contributed by atoms with Crippen molar-refractivity contribution >= 4 is 5.78 Å². The standard InChI is InChI=1S/C19H21NO/c1-2-5-14-6-3-7-15(12-14)19(21)18-9-4-8-16-13-20-11-10-17(16)18/h3-4,6-9,12,20H,2,5,10-11,13H2,1H3. The minimum atomic E-state index is 0.159. The van der Waals surface area contributed by atoms with Crippen LogP contribution in [0.15, 0.2) is 42.5 Å². The Balaban J connectivity index is 1.97. The summed E-state index contributed by atoms with van der Waals surface area (Å²) < 4.78 is 0. The average Bonchev–Trinajstić information content (AvgIpc) is 2.54. The molecule has 21 heavy (non-hydrogen) atoms. The molecule has 1 heterocycles. The van der Waals surface area contributed by atoms with Gasteiger partial charge in [0.2, 0.25) is 0 Å². The van der Waals surface area contributed by atoms with Gasteiger partial charge in [-0.05, 0) is 42.1 Å². The predicted octanol–water partition coefficient (Wildman–Crippen LogP) is 3.52. The maximum absolute atomic E-state index is 12.9. The lowest BCUT2D eigenvalue weighted by Gasteiger charge is -2.19. The van der Waals surface area contributed by atoms with E-state index in [4.69, 9.17) is 0 Å². The minimum absolute atomic E-state index is 0.159. The normalized spacial score (nSPS) is 13.8. The number of carbonyl (C=O) groups is 1. The van der Waals surface area contributed by atoms with E-state index in [2.05, 4.69) is 24.4 Å². The third-order valence-electron chi connectivity index (χ3n) is 4.11. The van der Waals surface area contributed by atoms with Gasteiger partial charge in [0.15, 0.2) is 5.78 Å². The van der Waals surface area contributed by atoms with Gasteiger partial charge in [-0.15, -0.1) is 0 Å².